The molecule has 9 heteroatoms. The van der Waals surface area contributed by atoms with Crippen LogP contribution in [0.5, 0.6) is 5.75 Å². The Morgan fingerprint density at radius 3 is 2.59 bits per heavy atom. The third kappa shape index (κ3) is 3.89. The topological polar surface area (TPSA) is 123 Å². The Morgan fingerprint density at radius 2 is 1.97 bits per heavy atom. The summed E-state index contributed by atoms with van der Waals surface area (Å²) in [5, 5.41) is 23.2. The second-order valence-electron chi connectivity index (χ2n) is 7.84. The van der Waals surface area contributed by atoms with E-state index in [2.05, 4.69) is 10.3 Å². The average Bonchev–Trinajstić information content (AvgIpc) is 3.36. The number of nitrogens with zero attached hydrogens (tertiary/aromatic N) is 1. The number of anilines is 1. The highest BCUT2D eigenvalue weighted by Gasteiger charge is 2.34. The number of alkyl halides is 1. The molecule has 0 spiro atoms. The number of aromatic amines is 1. The molecule has 0 saturated heterocycles. The van der Waals surface area contributed by atoms with Gasteiger partial charge < -0.3 is 25.4 Å². The minimum absolute atomic E-state index is 0.109. The molecule has 3 aromatic rings. The molecule has 166 valence electrons. The number of nitrogens with one attached hydrogen (secondary N) is 2. The Kier molecular flexibility index (Phi) is 5.80. The number of phenolic OH excluding ortho intramolecular Hbond substituents is 1. The Balaban J connectivity index is 1.68. The highest BCUT2D eigenvalue weighted by atomic mass is 35.5. The van der Waals surface area contributed by atoms with Gasteiger partial charge in [0.25, 0.3) is 5.91 Å². The summed E-state index contributed by atoms with van der Waals surface area (Å²) < 4.78 is 0. The number of carboxylic acids is 1. The molecule has 1 aliphatic rings. The lowest BCUT2D eigenvalue weighted by Gasteiger charge is -2.15. The predicted octanol–water partition coefficient (Wildman–Crippen LogP) is 2.99. The normalized spacial score (nSPS) is 16.1. The molecule has 0 aliphatic carbocycles. The molecular weight excluding hydrogens is 434 g/mol. The maximum absolute atomic E-state index is 12.9. The van der Waals surface area contributed by atoms with Crippen molar-refractivity contribution in [3.63, 3.8) is 0 Å². The molecule has 2 heterocycles. The molecular formula is C23H22ClN3O5. The fourth-order valence-electron chi connectivity index (χ4n) is 4.18. The van der Waals surface area contributed by atoms with Crippen LogP contribution in [0.2, 0.25) is 0 Å². The van der Waals surface area contributed by atoms with E-state index < -0.39 is 17.9 Å². The van der Waals surface area contributed by atoms with Crippen molar-refractivity contribution in [2.45, 2.75) is 25.3 Å². The van der Waals surface area contributed by atoms with E-state index in [9.17, 15) is 24.6 Å². The highest BCUT2D eigenvalue weighted by molar-refractivity contribution is 6.19. The maximum atomic E-state index is 12.9. The number of rotatable bonds is 6. The number of carbonyl (C=O) groups excluding carboxylic acids is 2. The first-order chi connectivity index (χ1) is 15.3. The van der Waals surface area contributed by atoms with E-state index in [-0.39, 0.29) is 35.6 Å². The van der Waals surface area contributed by atoms with Gasteiger partial charge in [-0.1, -0.05) is 30.3 Å². The van der Waals surface area contributed by atoms with Crippen molar-refractivity contribution in [1.82, 2.24) is 10.3 Å². The van der Waals surface area contributed by atoms with E-state index in [1.807, 2.05) is 6.07 Å². The molecule has 4 N–H and O–H groups in total. The van der Waals surface area contributed by atoms with Crippen LogP contribution < -0.4 is 10.2 Å². The van der Waals surface area contributed by atoms with E-state index in [0.717, 1.165) is 11.1 Å². The number of benzene rings is 2. The summed E-state index contributed by atoms with van der Waals surface area (Å²) in [4.78, 5) is 41.1. The number of aromatic nitrogens is 1. The van der Waals surface area contributed by atoms with Gasteiger partial charge in [0.2, 0.25) is 5.91 Å². The number of hydrogen-bond donors (Lipinski definition) is 4. The molecule has 2 amide bonds. The molecule has 0 saturated carbocycles. The summed E-state index contributed by atoms with van der Waals surface area (Å²) in [6.07, 6.45) is 0.130. The van der Waals surface area contributed by atoms with Gasteiger partial charge in [0.05, 0.1) is 11.2 Å². The van der Waals surface area contributed by atoms with Crippen molar-refractivity contribution in [3.8, 4) is 5.75 Å². The summed E-state index contributed by atoms with van der Waals surface area (Å²) in [5.41, 5.74) is 2.56. The van der Waals surface area contributed by atoms with Gasteiger partial charge in [-0.3, -0.25) is 9.59 Å². The Hall–Kier alpha value is -3.52. The van der Waals surface area contributed by atoms with Gasteiger partial charge in [0, 0.05) is 43.1 Å². The van der Waals surface area contributed by atoms with Crippen LogP contribution >= 0.6 is 11.6 Å². The average molecular weight is 456 g/mol. The number of H-pyrrole nitrogens is 1. The first-order valence-electron chi connectivity index (χ1n) is 10.1. The van der Waals surface area contributed by atoms with Crippen LogP contribution in [0.3, 0.4) is 0 Å². The van der Waals surface area contributed by atoms with Crippen molar-refractivity contribution < 1.29 is 24.6 Å². The van der Waals surface area contributed by atoms with Crippen molar-refractivity contribution in [1.29, 1.82) is 0 Å². The molecule has 1 aliphatic heterocycles. The van der Waals surface area contributed by atoms with Gasteiger partial charge in [-0.25, -0.2) is 4.79 Å². The van der Waals surface area contributed by atoms with E-state index in [1.165, 1.54) is 13.0 Å². The molecule has 0 radical (unpaired) electrons. The van der Waals surface area contributed by atoms with Gasteiger partial charge in [-0.15, -0.1) is 11.6 Å². The quantitative estimate of drug-likeness (QED) is 0.425. The molecule has 1 unspecified atom stereocenters. The lowest BCUT2D eigenvalue weighted by Crippen LogP contribution is -2.42. The van der Waals surface area contributed by atoms with Crippen LogP contribution in [0, 0.1) is 0 Å². The first-order valence-corrected chi connectivity index (χ1v) is 10.6. The Morgan fingerprint density at radius 1 is 1.25 bits per heavy atom. The largest absolute Gasteiger partial charge is 0.506 e. The second-order valence-corrected chi connectivity index (χ2v) is 8.14. The van der Waals surface area contributed by atoms with Gasteiger partial charge in [-0.2, -0.15) is 0 Å². The summed E-state index contributed by atoms with van der Waals surface area (Å²) in [6, 6.07) is 10.9. The number of carbonyl (C=O) groups is 3. The van der Waals surface area contributed by atoms with E-state index in [4.69, 9.17) is 11.6 Å². The zero-order chi connectivity index (χ0) is 23.0. The van der Waals surface area contributed by atoms with Crippen molar-refractivity contribution in [2.24, 2.45) is 0 Å². The number of aromatic hydroxyl groups is 1. The molecule has 2 atom stereocenters. The number of phenols is 1. The second kappa shape index (κ2) is 8.55. The molecule has 1 aromatic heterocycles. The van der Waals surface area contributed by atoms with Crippen LogP contribution in [0.25, 0.3) is 10.9 Å². The number of carboxylic acid groups (broad SMARTS) is 1. The van der Waals surface area contributed by atoms with Gasteiger partial charge in [0.1, 0.15) is 17.5 Å². The van der Waals surface area contributed by atoms with Crippen LogP contribution in [0.15, 0.2) is 42.5 Å². The predicted molar refractivity (Wildman–Crippen MR) is 120 cm³/mol. The Bertz CT molecular complexity index is 1210. The highest BCUT2D eigenvalue weighted by Crippen LogP contribution is 2.45. The fraction of sp³-hybridized carbons (Fsp3) is 0.261. The minimum atomic E-state index is -1.15. The molecule has 4 rings (SSSR count). The number of fused-ring (bicyclic) bond motifs is 3. The molecule has 8 nitrogen and oxygen atoms in total. The van der Waals surface area contributed by atoms with Gasteiger partial charge in [-0.05, 0) is 17.2 Å². The summed E-state index contributed by atoms with van der Waals surface area (Å²) in [7, 11) is 0. The zero-order valence-corrected chi connectivity index (χ0v) is 18.0. The van der Waals surface area contributed by atoms with Crippen molar-refractivity contribution in [3.05, 3.63) is 59.3 Å². The number of halogens is 1. The van der Waals surface area contributed by atoms with Crippen LogP contribution in [-0.2, 0) is 16.0 Å². The van der Waals surface area contributed by atoms with Crippen LogP contribution in [0.4, 0.5) is 5.69 Å². The van der Waals surface area contributed by atoms with Crippen LogP contribution in [0.1, 0.15) is 34.5 Å². The standard InChI is InChI=1S/C23H22ClN3O5/c1-12(28)27-11-14(10-24)20-15-8-16(25-21(15)19(29)9-18(20)27)22(30)26-17(23(31)32)7-13-5-3-2-4-6-13/h2-6,8-9,14,17,25,29H,7,10-11H2,1H3,(H,26,30)(H,31,32)/t14?,17-/m0/s1. The van der Waals surface area contributed by atoms with Crippen molar-refractivity contribution >= 4 is 46.0 Å². The maximum Gasteiger partial charge on any atom is 0.326 e. The van der Waals surface area contributed by atoms with Crippen LogP contribution in [-0.4, -0.2) is 51.4 Å². The molecule has 2 aromatic carbocycles. The van der Waals surface area contributed by atoms with Gasteiger partial charge >= 0.3 is 5.97 Å². The molecule has 0 bridgehead atoms. The van der Waals surface area contributed by atoms with Gasteiger partial charge in [0.15, 0.2) is 0 Å². The van der Waals surface area contributed by atoms with E-state index >= 15 is 0 Å². The summed E-state index contributed by atoms with van der Waals surface area (Å²) in [6.45, 7) is 1.83. The minimum Gasteiger partial charge on any atom is -0.506 e. The molecule has 0 fully saturated rings. The molecule has 32 heavy (non-hydrogen) atoms. The summed E-state index contributed by atoms with van der Waals surface area (Å²) >= 11 is 6.14. The zero-order valence-electron chi connectivity index (χ0n) is 17.3. The monoisotopic (exact) mass is 455 g/mol. The van der Waals surface area contributed by atoms with E-state index in [1.54, 1.807) is 35.2 Å². The number of amides is 2. The fourth-order valence-corrected chi connectivity index (χ4v) is 4.43. The lowest BCUT2D eigenvalue weighted by atomic mass is 9.98. The third-order valence-corrected chi connectivity index (χ3v) is 6.08. The Labute approximate surface area is 188 Å². The lowest BCUT2D eigenvalue weighted by molar-refractivity contribution is -0.139. The first kappa shape index (κ1) is 21.7. The van der Waals surface area contributed by atoms with Crippen molar-refractivity contribution in [2.75, 3.05) is 17.3 Å². The summed E-state index contributed by atoms with van der Waals surface area (Å²) in [5.74, 6) is -1.94. The SMILES string of the molecule is CC(=O)N1CC(CCl)c2c1cc(O)c1[nH]c(C(=O)N[C@@H](Cc3ccccc3)C(=O)O)cc21. The smallest absolute Gasteiger partial charge is 0.326 e. The number of hydrogen-bond acceptors (Lipinski definition) is 4. The van der Waals surface area contributed by atoms with E-state index in [0.29, 0.717) is 23.1 Å². The number of aliphatic carboxylic acids is 1. The third-order valence-electron chi connectivity index (χ3n) is 5.71.